The Morgan fingerprint density at radius 2 is 1.79 bits per heavy atom. The normalized spacial score (nSPS) is 11.3. The summed E-state index contributed by atoms with van der Waals surface area (Å²) in [6.07, 6.45) is 2.25. The summed E-state index contributed by atoms with van der Waals surface area (Å²) in [6.45, 7) is 1.67. The van der Waals surface area contributed by atoms with Gasteiger partial charge in [-0.2, -0.15) is 0 Å². The molecule has 0 aliphatic heterocycles. The van der Waals surface area contributed by atoms with E-state index in [9.17, 15) is 4.79 Å². The fraction of sp³-hybridized carbons (Fsp3) is 0.125. The van der Waals surface area contributed by atoms with Crippen molar-refractivity contribution in [2.45, 2.75) is 11.8 Å². The summed E-state index contributed by atoms with van der Waals surface area (Å²) < 4.78 is 6.30. The summed E-state index contributed by atoms with van der Waals surface area (Å²) in [5.41, 5.74) is 4.61. The van der Waals surface area contributed by atoms with Crippen LogP contribution in [0.15, 0.2) is 88.2 Å². The molecule has 0 aromatic heterocycles. The van der Waals surface area contributed by atoms with Crippen molar-refractivity contribution in [3.63, 3.8) is 0 Å². The fourth-order valence-electron chi connectivity index (χ4n) is 2.91. The van der Waals surface area contributed by atoms with Gasteiger partial charge in [0.1, 0.15) is 5.75 Å². The molecule has 5 heteroatoms. The number of carbonyl (C=O) groups is 1. The van der Waals surface area contributed by atoms with Gasteiger partial charge in [0.05, 0.1) is 0 Å². The Kier molecular flexibility index (Phi) is 7.55. The first-order chi connectivity index (χ1) is 14.0. The highest BCUT2D eigenvalue weighted by Crippen LogP contribution is 2.30. The minimum absolute atomic E-state index is 0.332. The molecule has 3 rings (SSSR count). The van der Waals surface area contributed by atoms with Crippen molar-refractivity contribution in [1.29, 1.82) is 0 Å². The van der Waals surface area contributed by atoms with Gasteiger partial charge in [0.2, 0.25) is 0 Å². The van der Waals surface area contributed by atoms with Gasteiger partial charge in [-0.1, -0.05) is 64.5 Å². The van der Waals surface area contributed by atoms with E-state index < -0.39 is 5.97 Å². The number of hydrogen-bond acceptors (Lipinski definition) is 3. The van der Waals surface area contributed by atoms with Gasteiger partial charge >= 0.3 is 5.97 Å². The summed E-state index contributed by atoms with van der Waals surface area (Å²) >= 11 is 5.31. The molecule has 148 valence electrons. The minimum Gasteiger partial charge on any atom is -0.482 e. The molecule has 3 nitrogen and oxygen atoms in total. The first-order valence-electron chi connectivity index (χ1n) is 9.12. The lowest BCUT2D eigenvalue weighted by molar-refractivity contribution is -0.139. The lowest BCUT2D eigenvalue weighted by Gasteiger charge is -2.11. The Morgan fingerprint density at radius 1 is 1.03 bits per heavy atom. The minimum atomic E-state index is -0.979. The Labute approximate surface area is 183 Å². The van der Waals surface area contributed by atoms with Gasteiger partial charge in [0, 0.05) is 15.1 Å². The highest BCUT2D eigenvalue weighted by atomic mass is 79.9. The highest BCUT2D eigenvalue weighted by molar-refractivity contribution is 9.10. The zero-order valence-electron chi connectivity index (χ0n) is 16.0. The zero-order chi connectivity index (χ0) is 20.6. The van der Waals surface area contributed by atoms with Crippen molar-refractivity contribution in [1.82, 2.24) is 0 Å². The Hall–Kier alpha value is -2.50. The van der Waals surface area contributed by atoms with Gasteiger partial charge in [-0.25, -0.2) is 4.79 Å². The Morgan fingerprint density at radius 3 is 2.48 bits per heavy atom. The second kappa shape index (κ2) is 10.3. The maximum atomic E-state index is 10.6. The molecule has 0 atom stereocenters. The molecule has 0 saturated heterocycles. The van der Waals surface area contributed by atoms with E-state index >= 15 is 0 Å². The number of carboxylic acids is 1. The second-order valence-corrected chi connectivity index (χ2v) is 8.39. The van der Waals surface area contributed by atoms with Crippen molar-refractivity contribution in [3.05, 3.63) is 100 Å². The molecule has 0 heterocycles. The molecule has 3 aromatic carbocycles. The summed E-state index contributed by atoms with van der Waals surface area (Å²) in [4.78, 5) is 11.8. The van der Waals surface area contributed by atoms with E-state index in [0.29, 0.717) is 5.75 Å². The van der Waals surface area contributed by atoms with Crippen LogP contribution in [0.25, 0.3) is 5.57 Å². The third kappa shape index (κ3) is 6.24. The van der Waals surface area contributed by atoms with Crippen LogP contribution in [0, 0.1) is 6.92 Å². The van der Waals surface area contributed by atoms with Gasteiger partial charge in [-0.3, -0.25) is 0 Å². The summed E-state index contributed by atoms with van der Waals surface area (Å²) in [5.74, 6) is 0.406. The molecule has 0 aliphatic carbocycles. The van der Waals surface area contributed by atoms with E-state index in [1.54, 1.807) is 11.8 Å². The fourth-order valence-corrected chi connectivity index (χ4v) is 4.19. The highest BCUT2D eigenvalue weighted by Gasteiger charge is 2.07. The summed E-state index contributed by atoms with van der Waals surface area (Å²) in [6, 6.07) is 24.4. The number of rotatable bonds is 8. The summed E-state index contributed by atoms with van der Waals surface area (Å²) in [7, 11) is 0. The van der Waals surface area contributed by atoms with E-state index in [1.807, 2.05) is 55.5 Å². The van der Waals surface area contributed by atoms with Crippen molar-refractivity contribution < 1.29 is 14.6 Å². The molecule has 0 amide bonds. The first-order valence-corrected chi connectivity index (χ1v) is 10.9. The lowest BCUT2D eigenvalue weighted by atomic mass is 9.98. The van der Waals surface area contributed by atoms with Crippen LogP contribution in [-0.2, 0) is 4.79 Å². The number of thioether (sulfide) groups is 1. The number of ether oxygens (including phenoxy) is 1. The smallest absolute Gasteiger partial charge is 0.341 e. The first kappa shape index (κ1) is 21.2. The predicted molar refractivity (Wildman–Crippen MR) is 123 cm³/mol. The van der Waals surface area contributed by atoms with E-state index in [4.69, 9.17) is 9.84 Å². The number of halogens is 1. The molecule has 0 saturated carbocycles. The van der Waals surface area contributed by atoms with Gasteiger partial charge in [-0.05, 0) is 59.5 Å². The molecule has 0 aliphatic rings. The van der Waals surface area contributed by atoms with Crippen molar-refractivity contribution in [3.8, 4) is 5.75 Å². The second-order valence-electron chi connectivity index (χ2n) is 6.41. The number of aryl methyl sites for hydroxylation is 1. The maximum Gasteiger partial charge on any atom is 0.341 e. The molecule has 3 aromatic rings. The lowest BCUT2D eigenvalue weighted by Crippen LogP contribution is -2.09. The van der Waals surface area contributed by atoms with Crippen LogP contribution in [0.2, 0.25) is 0 Å². The van der Waals surface area contributed by atoms with E-state index in [2.05, 4.69) is 46.3 Å². The molecular formula is C24H21BrO3S. The van der Waals surface area contributed by atoms with E-state index in [0.717, 1.165) is 20.7 Å². The predicted octanol–water partition coefficient (Wildman–Crippen LogP) is 6.44. The van der Waals surface area contributed by atoms with Crippen LogP contribution in [-0.4, -0.2) is 23.4 Å². The van der Waals surface area contributed by atoms with E-state index in [-0.39, 0.29) is 6.61 Å². The standard InChI is InChI=1S/C24H21BrO3S/c1-17-14-21(28-16-24(26)27)10-11-23(17)29-13-12-22(18-6-3-2-4-7-18)19-8-5-9-20(25)15-19/h2-12,14-15H,13,16H2,1H3,(H,26,27). The quantitative estimate of drug-likeness (QED) is 0.386. The Bertz CT molecular complexity index is 1020. The third-order valence-electron chi connectivity index (χ3n) is 4.26. The van der Waals surface area contributed by atoms with Crippen LogP contribution in [0.4, 0.5) is 0 Å². The summed E-state index contributed by atoms with van der Waals surface area (Å²) in [5, 5.41) is 8.73. The molecular weight excluding hydrogens is 448 g/mol. The van der Waals surface area contributed by atoms with Crippen molar-refractivity contribution >= 4 is 39.2 Å². The molecule has 1 N–H and O–H groups in total. The Balaban J connectivity index is 1.77. The van der Waals surface area contributed by atoms with Crippen LogP contribution >= 0.6 is 27.7 Å². The van der Waals surface area contributed by atoms with E-state index in [1.165, 1.54) is 16.7 Å². The monoisotopic (exact) mass is 468 g/mol. The van der Waals surface area contributed by atoms with Gasteiger partial charge in [0.25, 0.3) is 0 Å². The van der Waals surface area contributed by atoms with Crippen LogP contribution < -0.4 is 4.74 Å². The number of aliphatic carboxylic acids is 1. The average molecular weight is 469 g/mol. The molecule has 0 bridgehead atoms. The van der Waals surface area contributed by atoms with Gasteiger partial charge in [-0.15, -0.1) is 11.8 Å². The molecule has 0 unspecified atom stereocenters. The third-order valence-corrected chi connectivity index (χ3v) is 5.85. The number of hydrogen-bond donors (Lipinski definition) is 1. The van der Waals surface area contributed by atoms with Gasteiger partial charge in [0.15, 0.2) is 6.61 Å². The topological polar surface area (TPSA) is 46.5 Å². The van der Waals surface area contributed by atoms with Crippen molar-refractivity contribution in [2.24, 2.45) is 0 Å². The van der Waals surface area contributed by atoms with Crippen LogP contribution in [0.5, 0.6) is 5.75 Å². The largest absolute Gasteiger partial charge is 0.482 e. The van der Waals surface area contributed by atoms with Crippen LogP contribution in [0.3, 0.4) is 0 Å². The SMILES string of the molecule is Cc1cc(OCC(=O)O)ccc1SCC=C(c1ccccc1)c1cccc(Br)c1. The van der Waals surface area contributed by atoms with Crippen molar-refractivity contribution in [2.75, 3.05) is 12.4 Å². The maximum absolute atomic E-state index is 10.6. The molecule has 29 heavy (non-hydrogen) atoms. The number of carboxylic acid groups (broad SMARTS) is 1. The van der Waals surface area contributed by atoms with Crippen LogP contribution in [0.1, 0.15) is 16.7 Å². The molecule has 0 fully saturated rings. The zero-order valence-corrected chi connectivity index (χ0v) is 18.4. The average Bonchev–Trinajstić information content (AvgIpc) is 2.71. The number of benzene rings is 3. The molecule has 0 spiro atoms. The molecule has 0 radical (unpaired) electrons. The van der Waals surface area contributed by atoms with Gasteiger partial charge < -0.3 is 9.84 Å².